The smallest absolute Gasteiger partial charge is 0.247 e. The van der Waals surface area contributed by atoms with E-state index in [2.05, 4.69) is 28.9 Å². The average Bonchev–Trinajstić information content (AvgIpc) is 2.86. The molecule has 1 N–H and O–H groups in total. The van der Waals surface area contributed by atoms with Gasteiger partial charge in [0.2, 0.25) is 11.8 Å². The van der Waals surface area contributed by atoms with Crippen LogP contribution in [0.15, 0.2) is 28.7 Å². The highest BCUT2D eigenvalue weighted by atomic mass is 35.5. The van der Waals surface area contributed by atoms with Crippen molar-refractivity contribution in [2.24, 2.45) is 0 Å². The molecule has 0 aliphatic rings. The first-order chi connectivity index (χ1) is 9.95. The van der Waals surface area contributed by atoms with Crippen LogP contribution < -0.4 is 0 Å². The second kappa shape index (κ2) is 7.02. The number of aromatic nitrogens is 2. The molecule has 0 radical (unpaired) electrons. The van der Waals surface area contributed by atoms with Gasteiger partial charge < -0.3 is 9.52 Å². The van der Waals surface area contributed by atoms with Gasteiger partial charge in [0.25, 0.3) is 0 Å². The lowest BCUT2D eigenvalue weighted by molar-refractivity contribution is 0.0963. The summed E-state index contributed by atoms with van der Waals surface area (Å²) in [4.78, 5) is 2.08. The van der Waals surface area contributed by atoms with Crippen molar-refractivity contribution < 1.29 is 9.52 Å². The van der Waals surface area contributed by atoms with Crippen molar-refractivity contribution in [2.75, 3.05) is 6.54 Å². The zero-order chi connectivity index (χ0) is 15.4. The summed E-state index contributed by atoms with van der Waals surface area (Å²) < 4.78 is 5.68. The Morgan fingerprint density at radius 2 is 2.05 bits per heavy atom. The molecule has 0 aliphatic heterocycles. The monoisotopic (exact) mass is 309 g/mol. The second-order valence-electron chi connectivity index (χ2n) is 5.38. The minimum atomic E-state index is -0.400. The summed E-state index contributed by atoms with van der Waals surface area (Å²) in [5.74, 6) is 0.979. The van der Waals surface area contributed by atoms with Gasteiger partial charge in [-0.3, -0.25) is 4.90 Å². The summed E-state index contributed by atoms with van der Waals surface area (Å²) in [6.07, 6.45) is -0.400. The van der Waals surface area contributed by atoms with Gasteiger partial charge in [-0.05, 0) is 39.0 Å². The molecule has 2 rings (SSSR count). The van der Waals surface area contributed by atoms with E-state index in [0.29, 0.717) is 29.9 Å². The van der Waals surface area contributed by atoms with Crippen LogP contribution in [0.1, 0.15) is 26.7 Å². The molecule has 1 atom stereocenters. The van der Waals surface area contributed by atoms with Gasteiger partial charge in [0.1, 0.15) is 0 Å². The van der Waals surface area contributed by atoms with E-state index in [0.717, 1.165) is 5.56 Å². The van der Waals surface area contributed by atoms with Gasteiger partial charge in [0.05, 0.1) is 12.6 Å². The standard InChI is InChI=1S/C15H20ClN3O2/c1-10(2)19(8-11(3)20)9-14-17-18-15(21-14)12-5-4-6-13(16)7-12/h4-7,10-11,20H,8-9H2,1-3H3. The number of aliphatic hydroxyl groups is 1. The fourth-order valence-electron chi connectivity index (χ4n) is 2.03. The fraction of sp³-hybridized carbons (Fsp3) is 0.467. The van der Waals surface area contributed by atoms with E-state index in [1.807, 2.05) is 12.1 Å². The van der Waals surface area contributed by atoms with Crippen molar-refractivity contribution >= 4 is 11.6 Å². The van der Waals surface area contributed by atoms with Gasteiger partial charge in [0, 0.05) is 23.2 Å². The Labute approximate surface area is 129 Å². The third-order valence-electron chi connectivity index (χ3n) is 3.11. The maximum Gasteiger partial charge on any atom is 0.247 e. The zero-order valence-electron chi connectivity index (χ0n) is 12.5. The Bertz CT molecular complexity index is 584. The number of benzene rings is 1. The van der Waals surface area contributed by atoms with Crippen LogP contribution in [0.3, 0.4) is 0 Å². The lowest BCUT2D eigenvalue weighted by Gasteiger charge is -2.25. The van der Waals surface area contributed by atoms with E-state index >= 15 is 0 Å². The molecule has 1 aromatic heterocycles. The number of halogens is 1. The predicted molar refractivity (Wildman–Crippen MR) is 82.0 cm³/mol. The number of hydrogen-bond donors (Lipinski definition) is 1. The number of aliphatic hydroxyl groups excluding tert-OH is 1. The molecule has 0 saturated heterocycles. The summed E-state index contributed by atoms with van der Waals surface area (Å²) in [6, 6.07) is 7.58. The highest BCUT2D eigenvalue weighted by molar-refractivity contribution is 6.30. The highest BCUT2D eigenvalue weighted by Crippen LogP contribution is 2.22. The molecule has 21 heavy (non-hydrogen) atoms. The number of rotatable bonds is 6. The lowest BCUT2D eigenvalue weighted by Crippen LogP contribution is -2.36. The van der Waals surface area contributed by atoms with Crippen molar-refractivity contribution in [1.82, 2.24) is 15.1 Å². The molecule has 0 bridgehead atoms. The van der Waals surface area contributed by atoms with E-state index < -0.39 is 6.10 Å². The topological polar surface area (TPSA) is 62.4 Å². The number of nitrogens with zero attached hydrogens (tertiary/aromatic N) is 3. The molecule has 2 aromatic rings. The third kappa shape index (κ3) is 4.52. The maximum atomic E-state index is 9.54. The van der Waals surface area contributed by atoms with Gasteiger partial charge in [-0.15, -0.1) is 10.2 Å². The predicted octanol–water partition coefficient (Wildman–Crippen LogP) is 2.98. The molecule has 5 nitrogen and oxygen atoms in total. The quantitative estimate of drug-likeness (QED) is 0.889. The van der Waals surface area contributed by atoms with Gasteiger partial charge in [-0.2, -0.15) is 0 Å². The minimum Gasteiger partial charge on any atom is -0.419 e. The first-order valence-electron chi connectivity index (χ1n) is 6.96. The highest BCUT2D eigenvalue weighted by Gasteiger charge is 2.17. The van der Waals surface area contributed by atoms with Crippen molar-refractivity contribution in [2.45, 2.75) is 39.5 Å². The van der Waals surface area contributed by atoms with E-state index in [9.17, 15) is 5.11 Å². The molecule has 0 saturated carbocycles. The second-order valence-corrected chi connectivity index (χ2v) is 5.82. The minimum absolute atomic E-state index is 0.279. The summed E-state index contributed by atoms with van der Waals surface area (Å²) in [6.45, 7) is 6.97. The Balaban J connectivity index is 2.12. The molecular formula is C15H20ClN3O2. The maximum absolute atomic E-state index is 9.54. The van der Waals surface area contributed by atoms with Crippen LogP contribution in [0, 0.1) is 0 Å². The molecule has 0 aliphatic carbocycles. The molecule has 1 unspecified atom stereocenters. The van der Waals surface area contributed by atoms with Gasteiger partial charge >= 0.3 is 0 Å². The van der Waals surface area contributed by atoms with E-state index in [4.69, 9.17) is 16.0 Å². The Morgan fingerprint density at radius 1 is 1.29 bits per heavy atom. The van der Waals surface area contributed by atoms with Crippen molar-refractivity contribution in [3.05, 3.63) is 35.2 Å². The molecule has 6 heteroatoms. The van der Waals surface area contributed by atoms with Crippen molar-refractivity contribution in [1.29, 1.82) is 0 Å². The van der Waals surface area contributed by atoms with Crippen LogP contribution in [-0.4, -0.2) is 38.9 Å². The average molecular weight is 310 g/mol. The summed E-state index contributed by atoms with van der Waals surface area (Å²) in [5.41, 5.74) is 0.799. The van der Waals surface area contributed by atoms with Crippen LogP contribution in [0.4, 0.5) is 0 Å². The summed E-state index contributed by atoms with van der Waals surface area (Å²) in [5, 5.41) is 18.3. The molecule has 0 fully saturated rings. The van der Waals surface area contributed by atoms with Crippen molar-refractivity contribution in [3.8, 4) is 11.5 Å². The molecular weight excluding hydrogens is 290 g/mol. The van der Waals surface area contributed by atoms with E-state index in [1.54, 1.807) is 19.1 Å². The largest absolute Gasteiger partial charge is 0.419 e. The zero-order valence-corrected chi connectivity index (χ0v) is 13.2. The fourth-order valence-corrected chi connectivity index (χ4v) is 2.22. The van der Waals surface area contributed by atoms with Crippen molar-refractivity contribution in [3.63, 3.8) is 0 Å². The van der Waals surface area contributed by atoms with Crippen LogP contribution in [0.25, 0.3) is 11.5 Å². The van der Waals surface area contributed by atoms with Crippen LogP contribution >= 0.6 is 11.6 Å². The van der Waals surface area contributed by atoms with Crippen LogP contribution in [-0.2, 0) is 6.54 Å². The van der Waals surface area contributed by atoms with Crippen LogP contribution in [0.5, 0.6) is 0 Å². The Morgan fingerprint density at radius 3 is 2.67 bits per heavy atom. The van der Waals surface area contributed by atoms with Gasteiger partial charge in [0.15, 0.2) is 0 Å². The van der Waals surface area contributed by atoms with Gasteiger partial charge in [-0.25, -0.2) is 0 Å². The van der Waals surface area contributed by atoms with Crippen LogP contribution in [0.2, 0.25) is 5.02 Å². The molecule has 0 spiro atoms. The third-order valence-corrected chi connectivity index (χ3v) is 3.34. The molecule has 1 aromatic carbocycles. The van der Waals surface area contributed by atoms with E-state index in [1.165, 1.54) is 0 Å². The van der Waals surface area contributed by atoms with Gasteiger partial charge in [-0.1, -0.05) is 17.7 Å². The molecule has 1 heterocycles. The first kappa shape index (κ1) is 15.9. The number of hydrogen-bond acceptors (Lipinski definition) is 5. The summed E-state index contributed by atoms with van der Waals surface area (Å²) >= 11 is 5.96. The molecule has 0 amide bonds. The lowest BCUT2D eigenvalue weighted by atomic mass is 10.2. The first-order valence-corrected chi connectivity index (χ1v) is 7.34. The SMILES string of the molecule is CC(O)CN(Cc1nnc(-c2cccc(Cl)c2)o1)C(C)C. The summed E-state index contributed by atoms with van der Waals surface area (Å²) in [7, 11) is 0. The Hall–Kier alpha value is -1.43. The molecule has 114 valence electrons. The normalized spacial score (nSPS) is 13.1. The Kier molecular flexibility index (Phi) is 5.33. The van der Waals surface area contributed by atoms with E-state index in [-0.39, 0.29) is 6.04 Å².